The quantitative estimate of drug-likeness (QED) is 0.896. The summed E-state index contributed by atoms with van der Waals surface area (Å²) in [5.41, 5.74) is 5.88. The minimum Gasteiger partial charge on any atom is -0.493 e. The van der Waals surface area contributed by atoms with Crippen LogP contribution in [0.2, 0.25) is 10.0 Å². The molecule has 3 rings (SSSR count). The van der Waals surface area contributed by atoms with Crippen LogP contribution in [0.25, 0.3) is 0 Å². The van der Waals surface area contributed by atoms with Gasteiger partial charge in [-0.15, -0.1) is 0 Å². The number of aromatic nitrogens is 2. The normalized spacial score (nSPS) is 16.9. The molecular formula is C15H17Cl2N3O2. The van der Waals surface area contributed by atoms with Crippen LogP contribution in [-0.4, -0.2) is 16.7 Å². The van der Waals surface area contributed by atoms with Crippen LogP contribution in [0, 0.1) is 0 Å². The van der Waals surface area contributed by atoms with E-state index in [4.69, 9.17) is 38.2 Å². The predicted molar refractivity (Wildman–Crippen MR) is 84.3 cm³/mol. The first-order valence-corrected chi connectivity index (χ1v) is 8.02. The molecule has 1 aliphatic rings. The first kappa shape index (κ1) is 15.6. The molecule has 2 N–H and O–H groups in total. The number of nitrogens with two attached hydrogens (primary N) is 1. The molecule has 0 spiro atoms. The van der Waals surface area contributed by atoms with E-state index in [0.717, 1.165) is 25.7 Å². The highest BCUT2D eigenvalue weighted by Gasteiger charge is 2.35. The van der Waals surface area contributed by atoms with Gasteiger partial charge in [-0.25, -0.2) is 0 Å². The molecule has 0 atom stereocenters. The van der Waals surface area contributed by atoms with Gasteiger partial charge in [0.2, 0.25) is 5.89 Å². The zero-order chi connectivity index (χ0) is 15.6. The third-order valence-corrected chi connectivity index (χ3v) is 4.62. The van der Waals surface area contributed by atoms with Crippen molar-refractivity contribution in [1.82, 2.24) is 10.1 Å². The number of nitrogens with zero attached hydrogens (tertiary/aromatic N) is 2. The highest BCUT2D eigenvalue weighted by Crippen LogP contribution is 2.34. The van der Waals surface area contributed by atoms with Crippen molar-refractivity contribution in [3.63, 3.8) is 0 Å². The summed E-state index contributed by atoms with van der Waals surface area (Å²) in [6.45, 7) is 0.414. The second kappa shape index (κ2) is 6.44. The summed E-state index contributed by atoms with van der Waals surface area (Å²) < 4.78 is 10.9. The number of halogens is 2. The van der Waals surface area contributed by atoms with Crippen molar-refractivity contribution < 1.29 is 9.26 Å². The Bertz CT molecular complexity index is 654. The third-order valence-electron chi connectivity index (χ3n) is 3.88. The van der Waals surface area contributed by atoms with Crippen molar-refractivity contribution in [3.05, 3.63) is 40.0 Å². The lowest BCUT2D eigenvalue weighted by Gasteiger charge is -2.17. The molecule has 2 aromatic rings. The molecule has 0 bridgehead atoms. The topological polar surface area (TPSA) is 74.2 Å². The molecule has 1 aromatic heterocycles. The van der Waals surface area contributed by atoms with E-state index < -0.39 is 5.54 Å². The van der Waals surface area contributed by atoms with E-state index in [1.807, 2.05) is 0 Å². The van der Waals surface area contributed by atoms with E-state index in [1.165, 1.54) is 0 Å². The maximum absolute atomic E-state index is 6.30. The Kier molecular flexibility index (Phi) is 4.57. The van der Waals surface area contributed by atoms with Gasteiger partial charge in [0.25, 0.3) is 0 Å². The van der Waals surface area contributed by atoms with Gasteiger partial charge in [-0.05, 0) is 25.0 Å². The molecule has 1 aliphatic carbocycles. The van der Waals surface area contributed by atoms with Gasteiger partial charge < -0.3 is 15.0 Å². The zero-order valence-electron chi connectivity index (χ0n) is 12.0. The molecule has 7 heteroatoms. The Balaban J connectivity index is 1.56. The molecule has 0 aliphatic heterocycles. The van der Waals surface area contributed by atoms with Crippen LogP contribution >= 0.6 is 23.2 Å². The fourth-order valence-electron chi connectivity index (χ4n) is 2.61. The average Bonchev–Trinajstić information content (AvgIpc) is 3.13. The molecular weight excluding hydrogens is 325 g/mol. The van der Waals surface area contributed by atoms with Crippen molar-refractivity contribution >= 4 is 23.2 Å². The van der Waals surface area contributed by atoms with Gasteiger partial charge in [0.1, 0.15) is 5.75 Å². The maximum Gasteiger partial charge on any atom is 0.230 e. The molecule has 22 heavy (non-hydrogen) atoms. The Morgan fingerprint density at radius 3 is 2.73 bits per heavy atom. The van der Waals surface area contributed by atoms with Crippen LogP contribution in [-0.2, 0) is 12.0 Å². The van der Waals surface area contributed by atoms with E-state index >= 15 is 0 Å². The summed E-state index contributed by atoms with van der Waals surface area (Å²) in [5, 5.41) is 4.98. The smallest absolute Gasteiger partial charge is 0.230 e. The monoisotopic (exact) mass is 341 g/mol. The molecule has 0 amide bonds. The number of hydrogen-bond acceptors (Lipinski definition) is 5. The SMILES string of the molecule is NC1(c2noc(CCOc3ccc(Cl)c(Cl)c3)n2)CCCC1. The van der Waals surface area contributed by atoms with E-state index in [9.17, 15) is 0 Å². The summed E-state index contributed by atoms with van der Waals surface area (Å²) >= 11 is 11.8. The van der Waals surface area contributed by atoms with Gasteiger partial charge in [0.15, 0.2) is 5.82 Å². The first-order valence-electron chi connectivity index (χ1n) is 7.27. The number of ether oxygens (including phenoxy) is 1. The van der Waals surface area contributed by atoms with Crippen LogP contribution in [0.4, 0.5) is 0 Å². The van der Waals surface area contributed by atoms with Crippen molar-refractivity contribution in [2.75, 3.05) is 6.61 Å². The third kappa shape index (κ3) is 3.37. The van der Waals surface area contributed by atoms with Crippen LogP contribution in [0.3, 0.4) is 0 Å². The molecule has 118 valence electrons. The Labute approximate surface area is 138 Å². The molecule has 1 saturated carbocycles. The summed E-state index contributed by atoms with van der Waals surface area (Å²) in [6, 6.07) is 5.14. The van der Waals surface area contributed by atoms with Crippen LogP contribution in [0.15, 0.2) is 22.7 Å². The number of hydrogen-bond donors (Lipinski definition) is 1. The van der Waals surface area contributed by atoms with Gasteiger partial charge in [-0.1, -0.05) is 41.2 Å². The van der Waals surface area contributed by atoms with Gasteiger partial charge >= 0.3 is 0 Å². The Hall–Kier alpha value is -1.30. The first-order chi connectivity index (χ1) is 10.6. The maximum atomic E-state index is 6.30. The fraction of sp³-hybridized carbons (Fsp3) is 0.467. The highest BCUT2D eigenvalue weighted by atomic mass is 35.5. The molecule has 1 fully saturated rings. The van der Waals surface area contributed by atoms with E-state index in [1.54, 1.807) is 18.2 Å². The minimum atomic E-state index is -0.424. The molecule has 0 radical (unpaired) electrons. The van der Waals surface area contributed by atoms with Gasteiger partial charge in [0, 0.05) is 6.07 Å². The standard InChI is InChI=1S/C15H17Cl2N3O2/c16-11-4-3-10(9-12(11)17)21-8-5-13-19-14(20-22-13)15(18)6-1-2-7-15/h3-4,9H,1-2,5-8,18H2. The highest BCUT2D eigenvalue weighted by molar-refractivity contribution is 6.42. The Morgan fingerprint density at radius 1 is 1.23 bits per heavy atom. The summed E-state index contributed by atoms with van der Waals surface area (Å²) in [7, 11) is 0. The minimum absolute atomic E-state index is 0.414. The van der Waals surface area contributed by atoms with Gasteiger partial charge in [-0.2, -0.15) is 4.98 Å². The zero-order valence-corrected chi connectivity index (χ0v) is 13.5. The second-order valence-corrected chi connectivity index (χ2v) is 6.36. The number of rotatable bonds is 5. The molecule has 0 unspecified atom stereocenters. The second-order valence-electron chi connectivity index (χ2n) is 5.55. The van der Waals surface area contributed by atoms with Crippen LogP contribution in [0.5, 0.6) is 5.75 Å². The van der Waals surface area contributed by atoms with Crippen molar-refractivity contribution in [2.45, 2.75) is 37.6 Å². The van der Waals surface area contributed by atoms with E-state index in [-0.39, 0.29) is 0 Å². The van der Waals surface area contributed by atoms with Crippen LogP contribution < -0.4 is 10.5 Å². The fourth-order valence-corrected chi connectivity index (χ4v) is 2.90. The largest absolute Gasteiger partial charge is 0.493 e. The van der Waals surface area contributed by atoms with E-state index in [2.05, 4.69) is 10.1 Å². The van der Waals surface area contributed by atoms with E-state index in [0.29, 0.717) is 40.5 Å². The lowest BCUT2D eigenvalue weighted by molar-refractivity contribution is 0.290. The predicted octanol–water partition coefficient (Wildman–Crippen LogP) is 3.73. The molecule has 5 nitrogen and oxygen atoms in total. The lowest BCUT2D eigenvalue weighted by atomic mass is 9.99. The van der Waals surface area contributed by atoms with Crippen molar-refractivity contribution in [1.29, 1.82) is 0 Å². The van der Waals surface area contributed by atoms with Gasteiger partial charge in [0.05, 0.1) is 28.6 Å². The molecule has 1 heterocycles. The summed E-state index contributed by atoms with van der Waals surface area (Å²) in [5.74, 6) is 1.79. The molecule has 1 aromatic carbocycles. The van der Waals surface area contributed by atoms with Gasteiger partial charge in [-0.3, -0.25) is 0 Å². The van der Waals surface area contributed by atoms with Crippen LogP contribution in [0.1, 0.15) is 37.4 Å². The average molecular weight is 342 g/mol. The summed E-state index contributed by atoms with van der Waals surface area (Å²) in [4.78, 5) is 4.40. The molecule has 0 saturated heterocycles. The van der Waals surface area contributed by atoms with Crippen molar-refractivity contribution in [2.24, 2.45) is 5.73 Å². The lowest BCUT2D eigenvalue weighted by Crippen LogP contribution is -2.34. The Morgan fingerprint density at radius 2 is 2.00 bits per heavy atom. The van der Waals surface area contributed by atoms with Crippen molar-refractivity contribution in [3.8, 4) is 5.75 Å². The summed E-state index contributed by atoms with van der Waals surface area (Å²) in [6.07, 6.45) is 4.56. The number of benzene rings is 1.